The third-order valence-corrected chi connectivity index (χ3v) is 2.49. The average molecular weight is 238 g/mol. The lowest BCUT2D eigenvalue weighted by Crippen LogP contribution is -2.35. The normalized spacial score (nSPS) is 12.1. The Balaban J connectivity index is 2.56. The molecule has 1 rings (SSSR count). The smallest absolute Gasteiger partial charge is 0.352 e. The number of aromatic carboxylic acids is 1. The highest BCUT2D eigenvalue weighted by Gasteiger charge is 2.12. The molecule has 0 fully saturated rings. The Labute approximate surface area is 100 Å². The second-order valence-electron chi connectivity index (χ2n) is 4.08. The van der Waals surface area contributed by atoms with Gasteiger partial charge in [-0.25, -0.2) is 4.79 Å². The molecule has 0 aliphatic heterocycles. The van der Waals surface area contributed by atoms with Gasteiger partial charge in [0.1, 0.15) is 12.2 Å². The molecule has 2 N–H and O–H groups in total. The zero-order valence-corrected chi connectivity index (χ0v) is 10.1. The fraction of sp³-hybridized carbons (Fsp3) is 0.500. The molecule has 5 nitrogen and oxygen atoms in total. The molecule has 1 aromatic heterocycles. The molecule has 1 unspecified atom stereocenters. The highest BCUT2D eigenvalue weighted by atomic mass is 16.4. The van der Waals surface area contributed by atoms with Crippen LogP contribution in [0.1, 0.15) is 37.2 Å². The van der Waals surface area contributed by atoms with Crippen molar-refractivity contribution in [1.82, 2.24) is 9.88 Å². The maximum atomic E-state index is 11.6. The SMILES string of the molecule is CCCC(C)NC(=O)Cn1cccc1C(=O)O. The maximum absolute atomic E-state index is 11.6. The van der Waals surface area contributed by atoms with Crippen molar-refractivity contribution in [3.63, 3.8) is 0 Å². The van der Waals surface area contributed by atoms with Gasteiger partial charge in [0.15, 0.2) is 0 Å². The third-order valence-electron chi connectivity index (χ3n) is 2.49. The van der Waals surface area contributed by atoms with Crippen molar-refractivity contribution < 1.29 is 14.7 Å². The molecule has 0 saturated heterocycles. The van der Waals surface area contributed by atoms with Crippen molar-refractivity contribution in [2.45, 2.75) is 39.3 Å². The Morgan fingerprint density at radius 2 is 2.24 bits per heavy atom. The summed E-state index contributed by atoms with van der Waals surface area (Å²) in [6.45, 7) is 4.04. The molecule has 94 valence electrons. The topological polar surface area (TPSA) is 71.3 Å². The minimum absolute atomic E-state index is 0.0443. The van der Waals surface area contributed by atoms with Crippen LogP contribution in [-0.2, 0) is 11.3 Å². The summed E-state index contributed by atoms with van der Waals surface area (Å²) >= 11 is 0. The van der Waals surface area contributed by atoms with Gasteiger partial charge in [-0.05, 0) is 25.5 Å². The van der Waals surface area contributed by atoms with Crippen molar-refractivity contribution >= 4 is 11.9 Å². The van der Waals surface area contributed by atoms with Gasteiger partial charge in [-0.1, -0.05) is 13.3 Å². The molecule has 0 spiro atoms. The Morgan fingerprint density at radius 1 is 1.53 bits per heavy atom. The largest absolute Gasteiger partial charge is 0.477 e. The number of carboxylic acids is 1. The van der Waals surface area contributed by atoms with E-state index < -0.39 is 5.97 Å². The van der Waals surface area contributed by atoms with E-state index in [2.05, 4.69) is 12.2 Å². The fourth-order valence-corrected chi connectivity index (χ4v) is 1.73. The summed E-state index contributed by atoms with van der Waals surface area (Å²) < 4.78 is 1.43. The van der Waals surface area contributed by atoms with Crippen molar-refractivity contribution in [2.24, 2.45) is 0 Å². The number of rotatable bonds is 6. The molecule has 0 bridgehead atoms. The number of nitrogens with zero attached hydrogens (tertiary/aromatic N) is 1. The first-order chi connectivity index (χ1) is 8.04. The van der Waals surface area contributed by atoms with Gasteiger partial charge in [0, 0.05) is 12.2 Å². The summed E-state index contributed by atoms with van der Waals surface area (Å²) in [5.74, 6) is -1.19. The Kier molecular flexibility index (Phi) is 4.75. The zero-order chi connectivity index (χ0) is 12.8. The molecule has 17 heavy (non-hydrogen) atoms. The summed E-state index contributed by atoms with van der Waals surface area (Å²) in [5.41, 5.74) is 0.128. The van der Waals surface area contributed by atoms with Crippen LogP contribution >= 0.6 is 0 Å². The number of hydrogen-bond donors (Lipinski definition) is 2. The molecular formula is C12H18N2O3. The third kappa shape index (κ3) is 3.94. The lowest BCUT2D eigenvalue weighted by Gasteiger charge is -2.13. The standard InChI is InChI=1S/C12H18N2O3/c1-3-5-9(2)13-11(15)8-14-7-4-6-10(14)12(16)17/h4,6-7,9H,3,5,8H2,1-2H3,(H,13,15)(H,16,17). The predicted octanol–water partition coefficient (Wildman–Crippen LogP) is 1.49. The van der Waals surface area contributed by atoms with E-state index in [1.807, 2.05) is 6.92 Å². The first-order valence-electron chi connectivity index (χ1n) is 5.72. The minimum atomic E-state index is -1.02. The van der Waals surface area contributed by atoms with E-state index in [0.29, 0.717) is 0 Å². The lowest BCUT2D eigenvalue weighted by molar-refractivity contribution is -0.122. The molecule has 0 saturated carbocycles. The summed E-state index contributed by atoms with van der Waals surface area (Å²) in [4.78, 5) is 22.5. The van der Waals surface area contributed by atoms with Gasteiger partial charge in [0.2, 0.25) is 5.91 Å². The number of aromatic nitrogens is 1. The van der Waals surface area contributed by atoms with Gasteiger partial charge < -0.3 is 15.0 Å². The van der Waals surface area contributed by atoms with Crippen molar-refractivity contribution in [2.75, 3.05) is 0 Å². The van der Waals surface area contributed by atoms with Crippen LogP contribution in [0.5, 0.6) is 0 Å². The number of carbonyl (C=O) groups is 2. The first-order valence-corrected chi connectivity index (χ1v) is 5.72. The molecule has 1 atom stereocenters. The van der Waals surface area contributed by atoms with Gasteiger partial charge in [0.25, 0.3) is 0 Å². The summed E-state index contributed by atoms with van der Waals surface area (Å²) in [5, 5.41) is 11.7. The van der Waals surface area contributed by atoms with Crippen LogP contribution in [0, 0.1) is 0 Å². The molecular weight excluding hydrogens is 220 g/mol. The number of nitrogens with one attached hydrogen (secondary N) is 1. The molecule has 0 radical (unpaired) electrons. The van der Waals surface area contributed by atoms with Gasteiger partial charge in [0.05, 0.1) is 0 Å². The zero-order valence-electron chi connectivity index (χ0n) is 10.1. The second-order valence-corrected chi connectivity index (χ2v) is 4.08. The van der Waals surface area contributed by atoms with Crippen molar-refractivity contribution in [1.29, 1.82) is 0 Å². The lowest BCUT2D eigenvalue weighted by atomic mass is 10.2. The molecule has 1 amide bonds. The van der Waals surface area contributed by atoms with Crippen molar-refractivity contribution in [3.05, 3.63) is 24.0 Å². The molecule has 1 heterocycles. The Morgan fingerprint density at radius 3 is 2.82 bits per heavy atom. The Hall–Kier alpha value is -1.78. The van der Waals surface area contributed by atoms with Crippen LogP contribution in [0.3, 0.4) is 0 Å². The number of carbonyl (C=O) groups excluding carboxylic acids is 1. The second kappa shape index (κ2) is 6.08. The van der Waals surface area contributed by atoms with E-state index in [-0.39, 0.29) is 24.2 Å². The molecule has 0 aliphatic carbocycles. The quantitative estimate of drug-likeness (QED) is 0.788. The Bertz CT molecular complexity index is 398. The molecule has 1 aromatic rings. The highest BCUT2D eigenvalue weighted by molar-refractivity contribution is 5.86. The van der Waals surface area contributed by atoms with E-state index in [1.165, 1.54) is 10.6 Å². The van der Waals surface area contributed by atoms with E-state index in [9.17, 15) is 9.59 Å². The summed E-state index contributed by atoms with van der Waals surface area (Å²) in [6.07, 6.45) is 3.52. The molecule has 5 heteroatoms. The van der Waals surface area contributed by atoms with E-state index in [1.54, 1.807) is 12.3 Å². The van der Waals surface area contributed by atoms with Gasteiger partial charge in [-0.15, -0.1) is 0 Å². The van der Waals surface area contributed by atoms with Crippen LogP contribution in [0.25, 0.3) is 0 Å². The number of carboxylic acid groups (broad SMARTS) is 1. The fourth-order valence-electron chi connectivity index (χ4n) is 1.73. The highest BCUT2D eigenvalue weighted by Crippen LogP contribution is 2.02. The predicted molar refractivity (Wildman–Crippen MR) is 63.9 cm³/mol. The monoisotopic (exact) mass is 238 g/mol. The van der Waals surface area contributed by atoms with Crippen LogP contribution in [-0.4, -0.2) is 27.6 Å². The molecule has 0 aliphatic rings. The van der Waals surface area contributed by atoms with Crippen LogP contribution in [0.4, 0.5) is 0 Å². The van der Waals surface area contributed by atoms with Crippen LogP contribution in [0.2, 0.25) is 0 Å². The van der Waals surface area contributed by atoms with Gasteiger partial charge in [-0.2, -0.15) is 0 Å². The number of amides is 1. The van der Waals surface area contributed by atoms with Crippen molar-refractivity contribution in [3.8, 4) is 0 Å². The van der Waals surface area contributed by atoms with E-state index >= 15 is 0 Å². The van der Waals surface area contributed by atoms with Crippen LogP contribution < -0.4 is 5.32 Å². The molecule has 0 aromatic carbocycles. The minimum Gasteiger partial charge on any atom is -0.477 e. The van der Waals surface area contributed by atoms with Gasteiger partial charge >= 0.3 is 5.97 Å². The number of hydrogen-bond acceptors (Lipinski definition) is 2. The van der Waals surface area contributed by atoms with Crippen LogP contribution in [0.15, 0.2) is 18.3 Å². The van der Waals surface area contributed by atoms with E-state index in [4.69, 9.17) is 5.11 Å². The average Bonchev–Trinajstić information content (AvgIpc) is 2.65. The van der Waals surface area contributed by atoms with E-state index in [0.717, 1.165) is 12.8 Å². The first kappa shape index (κ1) is 13.3. The van der Waals surface area contributed by atoms with Gasteiger partial charge in [-0.3, -0.25) is 4.79 Å². The summed E-state index contributed by atoms with van der Waals surface area (Å²) in [6, 6.07) is 3.22. The maximum Gasteiger partial charge on any atom is 0.352 e. The summed E-state index contributed by atoms with van der Waals surface area (Å²) in [7, 11) is 0.